The quantitative estimate of drug-likeness (QED) is 0.842. The van der Waals surface area contributed by atoms with Crippen LogP contribution in [0.4, 0.5) is 5.69 Å². The van der Waals surface area contributed by atoms with Gasteiger partial charge >= 0.3 is 0 Å². The van der Waals surface area contributed by atoms with Gasteiger partial charge in [0.25, 0.3) is 0 Å². The molecule has 18 heavy (non-hydrogen) atoms. The molecule has 1 fully saturated rings. The average molecular weight is 245 g/mol. The van der Waals surface area contributed by atoms with Crippen molar-refractivity contribution in [2.45, 2.75) is 52.4 Å². The summed E-state index contributed by atoms with van der Waals surface area (Å²) in [5.74, 6) is 1.80. The molecule has 0 heterocycles. The lowest BCUT2D eigenvalue weighted by Gasteiger charge is -2.21. The van der Waals surface area contributed by atoms with E-state index in [1.807, 2.05) is 0 Å². The minimum Gasteiger partial charge on any atom is -0.326 e. The number of hydrogen-bond donors (Lipinski definition) is 1. The molecule has 0 aromatic heterocycles. The number of amides is 1. The molecule has 98 valence electrons. The van der Waals surface area contributed by atoms with E-state index in [2.05, 4.69) is 44.3 Å². The van der Waals surface area contributed by atoms with Crippen molar-refractivity contribution in [1.29, 1.82) is 0 Å². The topological polar surface area (TPSA) is 29.1 Å². The second kappa shape index (κ2) is 5.13. The number of rotatable bonds is 4. The van der Waals surface area contributed by atoms with Crippen LogP contribution in [0.2, 0.25) is 0 Å². The summed E-state index contributed by atoms with van der Waals surface area (Å²) in [6, 6.07) is 6.41. The molecule has 2 rings (SSSR count). The first kappa shape index (κ1) is 13.1. The molecule has 1 aliphatic carbocycles. The lowest BCUT2D eigenvalue weighted by atomic mass is 9.89. The predicted octanol–water partition coefficient (Wildman–Crippen LogP) is 4.28. The number of para-hydroxylation sites is 1. The summed E-state index contributed by atoms with van der Waals surface area (Å²) < 4.78 is 0. The molecule has 1 aromatic carbocycles. The number of nitrogens with one attached hydrogen (secondary N) is 1. The fourth-order valence-electron chi connectivity index (χ4n) is 2.62. The van der Waals surface area contributed by atoms with Crippen molar-refractivity contribution in [3.8, 4) is 0 Å². The zero-order valence-electron chi connectivity index (χ0n) is 11.8. The van der Waals surface area contributed by atoms with Gasteiger partial charge in [-0.05, 0) is 41.7 Å². The highest BCUT2D eigenvalue weighted by Gasteiger charge is 2.31. The van der Waals surface area contributed by atoms with Gasteiger partial charge in [-0.2, -0.15) is 0 Å². The predicted molar refractivity (Wildman–Crippen MR) is 76.0 cm³/mol. The first-order valence-electron chi connectivity index (χ1n) is 6.91. The Labute approximate surface area is 110 Å². The standard InChI is InChI=1S/C16H23NO/c1-10(2)14-6-5-7-15(11(3)13-8-9-13)16(14)17-12(4)18/h5-7,10-11,13H,8-9H2,1-4H3,(H,17,18)/t11-/m0/s1. The van der Waals surface area contributed by atoms with Crippen LogP contribution in [0.1, 0.15) is 63.5 Å². The van der Waals surface area contributed by atoms with Crippen LogP contribution in [0.25, 0.3) is 0 Å². The second-order valence-electron chi connectivity index (χ2n) is 5.77. The third-order valence-corrected chi connectivity index (χ3v) is 3.87. The Morgan fingerprint density at radius 1 is 1.22 bits per heavy atom. The summed E-state index contributed by atoms with van der Waals surface area (Å²) in [6.07, 6.45) is 2.65. The van der Waals surface area contributed by atoms with Crippen molar-refractivity contribution < 1.29 is 4.79 Å². The maximum Gasteiger partial charge on any atom is 0.221 e. The van der Waals surface area contributed by atoms with Gasteiger partial charge in [0.2, 0.25) is 5.91 Å². The van der Waals surface area contributed by atoms with Crippen LogP contribution >= 0.6 is 0 Å². The van der Waals surface area contributed by atoms with E-state index in [9.17, 15) is 4.79 Å². The Morgan fingerprint density at radius 3 is 2.33 bits per heavy atom. The summed E-state index contributed by atoms with van der Waals surface area (Å²) in [5, 5.41) is 3.05. The van der Waals surface area contributed by atoms with E-state index in [0.29, 0.717) is 11.8 Å². The van der Waals surface area contributed by atoms with Crippen LogP contribution in [-0.2, 0) is 4.79 Å². The van der Waals surface area contributed by atoms with Crippen molar-refractivity contribution in [2.24, 2.45) is 5.92 Å². The van der Waals surface area contributed by atoms with E-state index in [0.717, 1.165) is 11.6 Å². The van der Waals surface area contributed by atoms with E-state index in [-0.39, 0.29) is 5.91 Å². The van der Waals surface area contributed by atoms with Crippen LogP contribution in [0.5, 0.6) is 0 Å². The maximum absolute atomic E-state index is 11.4. The minimum atomic E-state index is 0.0207. The SMILES string of the molecule is CC(=O)Nc1c(C(C)C)cccc1[C@@H](C)C1CC1. The molecule has 0 radical (unpaired) electrons. The first-order chi connectivity index (χ1) is 8.50. The summed E-state index contributed by atoms with van der Waals surface area (Å²) in [4.78, 5) is 11.4. The van der Waals surface area contributed by atoms with Crippen molar-refractivity contribution in [1.82, 2.24) is 0 Å². The first-order valence-corrected chi connectivity index (χ1v) is 6.91. The van der Waals surface area contributed by atoms with Gasteiger partial charge in [-0.1, -0.05) is 39.0 Å². The van der Waals surface area contributed by atoms with E-state index < -0.39 is 0 Å². The smallest absolute Gasteiger partial charge is 0.221 e. The summed E-state index contributed by atoms with van der Waals surface area (Å²) >= 11 is 0. The molecule has 0 bridgehead atoms. The van der Waals surface area contributed by atoms with Crippen molar-refractivity contribution >= 4 is 11.6 Å². The van der Waals surface area contributed by atoms with Crippen molar-refractivity contribution in [3.63, 3.8) is 0 Å². The molecule has 0 spiro atoms. The van der Waals surface area contributed by atoms with E-state index in [4.69, 9.17) is 0 Å². The van der Waals surface area contributed by atoms with Gasteiger partial charge in [-0.15, -0.1) is 0 Å². The molecule has 0 aliphatic heterocycles. The number of carbonyl (C=O) groups is 1. The number of carbonyl (C=O) groups excluding carboxylic acids is 1. The van der Waals surface area contributed by atoms with E-state index >= 15 is 0 Å². The van der Waals surface area contributed by atoms with E-state index in [1.165, 1.54) is 24.0 Å². The van der Waals surface area contributed by atoms with Gasteiger partial charge < -0.3 is 5.32 Å². The Kier molecular flexibility index (Phi) is 3.74. The van der Waals surface area contributed by atoms with Gasteiger partial charge in [0, 0.05) is 12.6 Å². The van der Waals surface area contributed by atoms with Crippen molar-refractivity contribution in [3.05, 3.63) is 29.3 Å². The van der Waals surface area contributed by atoms with Crippen LogP contribution in [0.3, 0.4) is 0 Å². The molecular weight excluding hydrogens is 222 g/mol. The molecule has 2 nitrogen and oxygen atoms in total. The summed E-state index contributed by atoms with van der Waals surface area (Å²) in [6.45, 7) is 8.21. The van der Waals surface area contributed by atoms with Crippen molar-refractivity contribution in [2.75, 3.05) is 5.32 Å². The molecular formula is C16H23NO. The minimum absolute atomic E-state index is 0.0207. The Morgan fingerprint density at radius 2 is 1.83 bits per heavy atom. The highest BCUT2D eigenvalue weighted by atomic mass is 16.1. The molecule has 1 N–H and O–H groups in total. The van der Waals surface area contributed by atoms with E-state index in [1.54, 1.807) is 6.92 Å². The monoisotopic (exact) mass is 245 g/mol. The maximum atomic E-state index is 11.4. The highest BCUT2D eigenvalue weighted by Crippen LogP contribution is 2.45. The molecule has 1 atom stereocenters. The normalized spacial score (nSPS) is 16.7. The molecule has 1 saturated carbocycles. The van der Waals surface area contributed by atoms with Gasteiger partial charge in [0.1, 0.15) is 0 Å². The molecule has 1 aromatic rings. The van der Waals surface area contributed by atoms with Crippen LogP contribution in [-0.4, -0.2) is 5.91 Å². The lowest BCUT2D eigenvalue weighted by Crippen LogP contribution is -2.13. The van der Waals surface area contributed by atoms with Gasteiger partial charge in [-0.25, -0.2) is 0 Å². The second-order valence-corrected chi connectivity index (χ2v) is 5.77. The summed E-state index contributed by atoms with van der Waals surface area (Å²) in [7, 11) is 0. The molecule has 1 amide bonds. The van der Waals surface area contributed by atoms with Gasteiger partial charge in [0.15, 0.2) is 0 Å². The Bertz CT molecular complexity index is 446. The zero-order valence-corrected chi connectivity index (χ0v) is 11.8. The van der Waals surface area contributed by atoms with Crippen LogP contribution in [0.15, 0.2) is 18.2 Å². The third kappa shape index (κ3) is 2.74. The number of benzene rings is 1. The molecule has 2 heteroatoms. The Hall–Kier alpha value is -1.31. The summed E-state index contributed by atoms with van der Waals surface area (Å²) in [5.41, 5.74) is 3.61. The number of anilines is 1. The zero-order chi connectivity index (χ0) is 13.3. The third-order valence-electron chi connectivity index (χ3n) is 3.87. The van der Waals surface area contributed by atoms with Crippen LogP contribution in [0, 0.1) is 5.92 Å². The van der Waals surface area contributed by atoms with Crippen LogP contribution < -0.4 is 5.32 Å². The fourth-order valence-corrected chi connectivity index (χ4v) is 2.62. The molecule has 1 aliphatic rings. The molecule has 0 saturated heterocycles. The molecule has 0 unspecified atom stereocenters. The number of hydrogen-bond acceptors (Lipinski definition) is 1. The average Bonchev–Trinajstić information content (AvgIpc) is 3.11. The van der Waals surface area contributed by atoms with Gasteiger partial charge in [0.05, 0.1) is 0 Å². The largest absolute Gasteiger partial charge is 0.326 e. The fraction of sp³-hybridized carbons (Fsp3) is 0.562. The lowest BCUT2D eigenvalue weighted by molar-refractivity contribution is -0.114. The Balaban J connectivity index is 2.42. The van der Waals surface area contributed by atoms with Gasteiger partial charge in [-0.3, -0.25) is 4.79 Å². The highest BCUT2D eigenvalue weighted by molar-refractivity contribution is 5.90.